The van der Waals surface area contributed by atoms with E-state index in [0.717, 1.165) is 16.9 Å². The lowest BCUT2D eigenvalue weighted by Gasteiger charge is -2.17. The van der Waals surface area contributed by atoms with Crippen molar-refractivity contribution in [2.75, 3.05) is 13.2 Å². The molecule has 2 aromatic rings. The van der Waals surface area contributed by atoms with Gasteiger partial charge >= 0.3 is 0 Å². The number of imidazole rings is 1. The number of aromatic nitrogens is 2. The first-order chi connectivity index (χ1) is 11.2. The molecular formula is C16H19N3O4. The highest BCUT2D eigenvalue weighted by atomic mass is 16.6. The number of nitrogens with one attached hydrogen (secondary N) is 2. The first-order valence-electron chi connectivity index (χ1n) is 7.85. The summed E-state index contributed by atoms with van der Waals surface area (Å²) in [5.41, 5.74) is 1.88. The molecule has 7 nitrogen and oxygen atoms in total. The van der Waals surface area contributed by atoms with Gasteiger partial charge in [0.25, 0.3) is 0 Å². The lowest BCUT2D eigenvalue weighted by Crippen LogP contribution is -2.44. The number of carbonyl (C=O) groups excluding carboxylic acids is 1. The van der Waals surface area contributed by atoms with Crippen molar-refractivity contribution in [1.82, 2.24) is 15.3 Å². The molecule has 4 atom stereocenters. The number of amides is 1. The summed E-state index contributed by atoms with van der Waals surface area (Å²) in [6, 6.07) is 7.59. The summed E-state index contributed by atoms with van der Waals surface area (Å²) in [5, 5.41) is 12.6. The van der Waals surface area contributed by atoms with Crippen molar-refractivity contribution in [3.8, 4) is 0 Å². The van der Waals surface area contributed by atoms with Crippen LogP contribution in [0.25, 0.3) is 11.0 Å². The molecular weight excluding hydrogens is 298 g/mol. The maximum atomic E-state index is 12.1. The van der Waals surface area contributed by atoms with E-state index in [4.69, 9.17) is 9.47 Å². The van der Waals surface area contributed by atoms with Crippen molar-refractivity contribution in [1.29, 1.82) is 0 Å². The standard InChI is InChI=1S/C16H19N3O4/c20-12-8-23-15-11(7-22-16(12)15)19-14(21)6-5-13-17-9-3-1-2-4-10(9)18-13/h1-4,11-12,15-16,20H,5-8H2,(H,17,18)(H,19,21)/t11-,12-,15-,16-/m1/s1. The predicted molar refractivity (Wildman–Crippen MR) is 81.8 cm³/mol. The number of aliphatic hydroxyl groups excluding tert-OH is 1. The molecule has 1 aromatic carbocycles. The molecule has 0 spiro atoms. The van der Waals surface area contributed by atoms with Crippen LogP contribution in [0, 0.1) is 0 Å². The zero-order valence-corrected chi connectivity index (χ0v) is 12.6. The van der Waals surface area contributed by atoms with Gasteiger partial charge in [0.05, 0.1) is 30.3 Å². The Hall–Kier alpha value is -1.96. The van der Waals surface area contributed by atoms with Crippen LogP contribution in [0.15, 0.2) is 24.3 Å². The molecule has 0 bridgehead atoms. The molecule has 3 N–H and O–H groups in total. The Labute approximate surface area is 133 Å². The number of nitrogens with zero attached hydrogens (tertiary/aromatic N) is 1. The second kappa shape index (κ2) is 5.92. The second-order valence-corrected chi connectivity index (χ2v) is 6.04. The van der Waals surface area contributed by atoms with Gasteiger partial charge in [-0.1, -0.05) is 12.1 Å². The smallest absolute Gasteiger partial charge is 0.220 e. The average molecular weight is 317 g/mol. The van der Waals surface area contributed by atoms with Crippen LogP contribution >= 0.6 is 0 Å². The number of para-hydroxylation sites is 2. The van der Waals surface area contributed by atoms with E-state index in [1.54, 1.807) is 0 Å². The minimum atomic E-state index is -0.600. The molecule has 23 heavy (non-hydrogen) atoms. The topological polar surface area (TPSA) is 96.5 Å². The fourth-order valence-corrected chi connectivity index (χ4v) is 3.24. The normalized spacial score (nSPS) is 29.8. The number of H-pyrrole nitrogens is 1. The average Bonchev–Trinajstić information content (AvgIpc) is 3.22. The number of aromatic amines is 1. The number of benzene rings is 1. The van der Waals surface area contributed by atoms with Gasteiger partial charge in [0.15, 0.2) is 0 Å². The van der Waals surface area contributed by atoms with Crippen LogP contribution in [0.4, 0.5) is 0 Å². The zero-order valence-electron chi connectivity index (χ0n) is 12.6. The fourth-order valence-electron chi connectivity index (χ4n) is 3.24. The number of rotatable bonds is 4. The molecule has 122 valence electrons. The van der Waals surface area contributed by atoms with E-state index in [2.05, 4.69) is 15.3 Å². The van der Waals surface area contributed by atoms with Gasteiger partial charge in [0, 0.05) is 12.8 Å². The van der Waals surface area contributed by atoms with E-state index in [1.165, 1.54) is 0 Å². The third kappa shape index (κ3) is 2.83. The van der Waals surface area contributed by atoms with Gasteiger partial charge in [-0.15, -0.1) is 0 Å². The molecule has 3 heterocycles. The summed E-state index contributed by atoms with van der Waals surface area (Å²) in [6.45, 7) is 0.642. The van der Waals surface area contributed by atoms with Crippen molar-refractivity contribution in [2.45, 2.75) is 37.2 Å². The quantitative estimate of drug-likeness (QED) is 0.745. The van der Waals surface area contributed by atoms with Crippen molar-refractivity contribution in [2.24, 2.45) is 0 Å². The number of aliphatic hydroxyl groups is 1. The van der Waals surface area contributed by atoms with Crippen LogP contribution in [0.1, 0.15) is 12.2 Å². The molecule has 1 amide bonds. The molecule has 2 fully saturated rings. The van der Waals surface area contributed by atoms with E-state index in [9.17, 15) is 9.90 Å². The van der Waals surface area contributed by atoms with Gasteiger partial charge < -0.3 is 24.9 Å². The predicted octanol–water partition coefficient (Wildman–Crippen LogP) is 0.139. The van der Waals surface area contributed by atoms with Crippen LogP contribution in [0.5, 0.6) is 0 Å². The molecule has 2 saturated heterocycles. The maximum Gasteiger partial charge on any atom is 0.220 e. The summed E-state index contributed by atoms with van der Waals surface area (Å²) in [5.74, 6) is 0.735. The van der Waals surface area contributed by atoms with E-state index in [-0.39, 0.29) is 30.8 Å². The SMILES string of the molecule is O=C(CCc1nc2ccccc2[nH]1)N[C@@H]1CO[C@H]2[C@@H]1OC[C@H]2O. The third-order valence-electron chi connectivity index (χ3n) is 4.40. The van der Waals surface area contributed by atoms with E-state index in [1.807, 2.05) is 24.3 Å². The van der Waals surface area contributed by atoms with E-state index < -0.39 is 6.10 Å². The van der Waals surface area contributed by atoms with E-state index >= 15 is 0 Å². The molecule has 1 aromatic heterocycles. The fraction of sp³-hybridized carbons (Fsp3) is 0.500. The first-order valence-corrected chi connectivity index (χ1v) is 7.85. The van der Waals surface area contributed by atoms with Crippen molar-refractivity contribution < 1.29 is 19.4 Å². The minimum Gasteiger partial charge on any atom is -0.388 e. The molecule has 4 rings (SSSR count). The maximum absolute atomic E-state index is 12.1. The lowest BCUT2D eigenvalue weighted by atomic mass is 10.1. The highest BCUT2D eigenvalue weighted by Gasteiger charge is 2.47. The van der Waals surface area contributed by atoms with Gasteiger partial charge in [-0.2, -0.15) is 0 Å². The Kier molecular flexibility index (Phi) is 3.76. The molecule has 0 saturated carbocycles. The summed E-state index contributed by atoms with van der Waals surface area (Å²) in [4.78, 5) is 19.8. The Balaban J connectivity index is 1.32. The van der Waals surface area contributed by atoms with Crippen LogP contribution in [-0.2, 0) is 20.7 Å². The summed E-state index contributed by atoms with van der Waals surface area (Å²) < 4.78 is 11.0. The van der Waals surface area contributed by atoms with E-state index in [0.29, 0.717) is 19.4 Å². The van der Waals surface area contributed by atoms with Crippen LogP contribution in [0.3, 0.4) is 0 Å². The number of aryl methyl sites for hydroxylation is 1. The summed E-state index contributed by atoms with van der Waals surface area (Å²) >= 11 is 0. The number of hydrogen-bond donors (Lipinski definition) is 3. The third-order valence-corrected chi connectivity index (χ3v) is 4.40. The highest BCUT2D eigenvalue weighted by Crippen LogP contribution is 2.27. The molecule has 2 aliphatic heterocycles. The number of hydrogen-bond acceptors (Lipinski definition) is 5. The number of carbonyl (C=O) groups is 1. The zero-order chi connectivity index (χ0) is 15.8. The molecule has 2 aliphatic rings. The summed E-state index contributed by atoms with van der Waals surface area (Å²) in [6.07, 6.45) is -0.282. The molecule has 0 unspecified atom stereocenters. The van der Waals surface area contributed by atoms with Gasteiger partial charge in [-0.05, 0) is 12.1 Å². The number of fused-ring (bicyclic) bond motifs is 2. The van der Waals surface area contributed by atoms with Crippen LogP contribution in [0.2, 0.25) is 0 Å². The Morgan fingerprint density at radius 1 is 1.30 bits per heavy atom. The Morgan fingerprint density at radius 2 is 2.13 bits per heavy atom. The van der Waals surface area contributed by atoms with Crippen LogP contribution < -0.4 is 5.32 Å². The van der Waals surface area contributed by atoms with Crippen molar-refractivity contribution in [3.05, 3.63) is 30.1 Å². The molecule has 7 heteroatoms. The van der Waals surface area contributed by atoms with Crippen molar-refractivity contribution in [3.63, 3.8) is 0 Å². The van der Waals surface area contributed by atoms with Gasteiger partial charge in [0.1, 0.15) is 24.1 Å². The lowest BCUT2D eigenvalue weighted by molar-refractivity contribution is -0.122. The second-order valence-electron chi connectivity index (χ2n) is 6.04. The number of ether oxygens (including phenoxy) is 2. The first kappa shape index (κ1) is 14.6. The molecule has 0 aliphatic carbocycles. The van der Waals surface area contributed by atoms with Gasteiger partial charge in [-0.3, -0.25) is 4.79 Å². The largest absolute Gasteiger partial charge is 0.388 e. The highest BCUT2D eigenvalue weighted by molar-refractivity contribution is 5.77. The van der Waals surface area contributed by atoms with Gasteiger partial charge in [-0.25, -0.2) is 4.98 Å². The Bertz CT molecular complexity index is 683. The minimum absolute atomic E-state index is 0.0651. The van der Waals surface area contributed by atoms with Crippen molar-refractivity contribution >= 4 is 16.9 Å². The Morgan fingerprint density at radius 3 is 3.00 bits per heavy atom. The van der Waals surface area contributed by atoms with Gasteiger partial charge in [0.2, 0.25) is 5.91 Å². The molecule has 0 radical (unpaired) electrons. The van der Waals surface area contributed by atoms with Crippen LogP contribution in [-0.4, -0.2) is 58.5 Å². The summed E-state index contributed by atoms with van der Waals surface area (Å²) in [7, 11) is 0. The monoisotopic (exact) mass is 317 g/mol.